The highest BCUT2D eigenvalue weighted by Gasteiger charge is 2.30. The third-order valence-electron chi connectivity index (χ3n) is 7.62. The summed E-state index contributed by atoms with van der Waals surface area (Å²) in [4.78, 5) is 0. The minimum Gasteiger partial charge on any atom is -0.314 e. The number of unbranched alkanes of at least 4 members (excludes halogenated alkanes) is 2. The van der Waals surface area contributed by atoms with Crippen LogP contribution >= 0.6 is 0 Å². The first-order chi connectivity index (χ1) is 12.7. The van der Waals surface area contributed by atoms with Crippen LogP contribution in [0.5, 0.6) is 0 Å². The molecule has 0 saturated heterocycles. The SMILES string of the molecule is CC(C)(C)C1CCC(NCCCCCNC2CCC(C(C)(C)C)CC2)CC1. The summed E-state index contributed by atoms with van der Waals surface area (Å²) >= 11 is 0. The van der Waals surface area contributed by atoms with Gasteiger partial charge in [-0.1, -0.05) is 48.0 Å². The Morgan fingerprint density at radius 1 is 0.519 bits per heavy atom. The van der Waals surface area contributed by atoms with Crippen LogP contribution in [0.25, 0.3) is 0 Å². The second kappa shape index (κ2) is 10.6. The Labute approximate surface area is 171 Å². The van der Waals surface area contributed by atoms with Gasteiger partial charge in [-0.3, -0.25) is 0 Å². The predicted octanol–water partition coefficient (Wildman–Crippen LogP) is 6.55. The van der Waals surface area contributed by atoms with Crippen molar-refractivity contribution >= 4 is 0 Å². The summed E-state index contributed by atoms with van der Waals surface area (Å²) in [5.74, 6) is 1.86. The molecule has 0 radical (unpaired) electrons. The number of nitrogens with one attached hydrogen (secondary N) is 2. The van der Waals surface area contributed by atoms with Crippen molar-refractivity contribution in [2.45, 2.75) is 124 Å². The summed E-state index contributed by atoms with van der Waals surface area (Å²) in [6, 6.07) is 1.58. The molecule has 0 aliphatic heterocycles. The Morgan fingerprint density at radius 2 is 0.852 bits per heavy atom. The van der Waals surface area contributed by atoms with E-state index in [9.17, 15) is 0 Å². The highest BCUT2D eigenvalue weighted by atomic mass is 14.9. The molecule has 2 rings (SSSR count). The fourth-order valence-electron chi connectivity index (χ4n) is 5.37. The molecule has 2 fully saturated rings. The summed E-state index contributed by atoms with van der Waals surface area (Å²) in [7, 11) is 0. The van der Waals surface area contributed by atoms with Crippen molar-refractivity contribution in [3.63, 3.8) is 0 Å². The van der Waals surface area contributed by atoms with E-state index in [0.717, 1.165) is 23.9 Å². The smallest absolute Gasteiger partial charge is 0.00672 e. The molecule has 2 nitrogen and oxygen atoms in total. The molecule has 0 spiro atoms. The monoisotopic (exact) mass is 378 g/mol. The van der Waals surface area contributed by atoms with E-state index in [1.807, 2.05) is 0 Å². The van der Waals surface area contributed by atoms with Crippen molar-refractivity contribution in [2.24, 2.45) is 22.7 Å². The molecule has 2 heteroatoms. The van der Waals surface area contributed by atoms with Gasteiger partial charge in [0.2, 0.25) is 0 Å². The lowest BCUT2D eigenvalue weighted by Crippen LogP contribution is -2.37. The van der Waals surface area contributed by atoms with Crippen LogP contribution in [-0.2, 0) is 0 Å². The molecule has 2 aliphatic rings. The van der Waals surface area contributed by atoms with E-state index in [-0.39, 0.29) is 0 Å². The Hall–Kier alpha value is -0.0800. The molecule has 0 atom stereocenters. The second-order valence-electron chi connectivity index (χ2n) is 11.8. The van der Waals surface area contributed by atoms with Gasteiger partial charge in [-0.05, 0) is 100.0 Å². The summed E-state index contributed by atoms with van der Waals surface area (Å²) < 4.78 is 0. The quantitative estimate of drug-likeness (QED) is 0.468. The molecule has 0 aromatic heterocycles. The summed E-state index contributed by atoms with van der Waals surface area (Å²) in [6.45, 7) is 16.9. The molecule has 160 valence electrons. The first-order valence-electron chi connectivity index (χ1n) is 12.1. The van der Waals surface area contributed by atoms with Gasteiger partial charge in [0.1, 0.15) is 0 Å². The lowest BCUT2D eigenvalue weighted by atomic mass is 9.71. The first-order valence-corrected chi connectivity index (χ1v) is 12.1. The minimum atomic E-state index is 0.504. The van der Waals surface area contributed by atoms with Gasteiger partial charge in [-0.2, -0.15) is 0 Å². The van der Waals surface area contributed by atoms with Crippen LogP contribution < -0.4 is 10.6 Å². The van der Waals surface area contributed by atoms with Gasteiger partial charge in [-0.25, -0.2) is 0 Å². The lowest BCUT2D eigenvalue weighted by molar-refractivity contribution is 0.159. The number of rotatable bonds is 8. The zero-order valence-electron chi connectivity index (χ0n) is 19.5. The maximum Gasteiger partial charge on any atom is 0.00672 e. The van der Waals surface area contributed by atoms with E-state index in [1.54, 1.807) is 0 Å². The highest BCUT2D eigenvalue weighted by Crippen LogP contribution is 2.38. The fourth-order valence-corrected chi connectivity index (χ4v) is 5.37. The van der Waals surface area contributed by atoms with Crippen LogP contribution in [0, 0.1) is 22.7 Å². The maximum atomic E-state index is 3.83. The van der Waals surface area contributed by atoms with Crippen LogP contribution in [-0.4, -0.2) is 25.2 Å². The Balaban J connectivity index is 1.43. The van der Waals surface area contributed by atoms with E-state index in [4.69, 9.17) is 0 Å². The van der Waals surface area contributed by atoms with Crippen LogP contribution in [0.15, 0.2) is 0 Å². The largest absolute Gasteiger partial charge is 0.314 e. The van der Waals surface area contributed by atoms with E-state index in [2.05, 4.69) is 52.2 Å². The molecule has 0 amide bonds. The number of hydrogen-bond acceptors (Lipinski definition) is 2. The average Bonchev–Trinajstić information content (AvgIpc) is 2.60. The molecule has 0 unspecified atom stereocenters. The predicted molar refractivity (Wildman–Crippen MR) is 120 cm³/mol. The third-order valence-corrected chi connectivity index (χ3v) is 7.62. The molecular weight excluding hydrogens is 328 g/mol. The first kappa shape index (κ1) is 23.2. The van der Waals surface area contributed by atoms with E-state index >= 15 is 0 Å². The molecule has 2 N–H and O–H groups in total. The molecular formula is C25H50N2. The van der Waals surface area contributed by atoms with Crippen LogP contribution in [0.3, 0.4) is 0 Å². The highest BCUT2D eigenvalue weighted by molar-refractivity contribution is 4.84. The molecule has 0 bridgehead atoms. The molecule has 2 saturated carbocycles. The van der Waals surface area contributed by atoms with Crippen LogP contribution in [0.1, 0.15) is 112 Å². The standard InChI is InChI=1S/C25H50N2/c1-24(2,3)20-10-14-22(15-11-20)26-18-8-7-9-19-27-23-16-12-21(13-17-23)25(4,5)6/h20-23,26-27H,7-19H2,1-6H3. The topological polar surface area (TPSA) is 24.1 Å². The van der Waals surface area contributed by atoms with E-state index < -0.39 is 0 Å². The summed E-state index contributed by atoms with van der Waals surface area (Å²) in [5, 5.41) is 7.66. The van der Waals surface area contributed by atoms with Crippen molar-refractivity contribution in [2.75, 3.05) is 13.1 Å². The number of hydrogen-bond donors (Lipinski definition) is 2. The zero-order chi connectivity index (χ0) is 19.9. The van der Waals surface area contributed by atoms with Gasteiger partial charge >= 0.3 is 0 Å². The van der Waals surface area contributed by atoms with Gasteiger partial charge in [0.25, 0.3) is 0 Å². The molecule has 0 aromatic rings. The van der Waals surface area contributed by atoms with Gasteiger partial charge in [0.05, 0.1) is 0 Å². The fraction of sp³-hybridized carbons (Fsp3) is 1.00. The zero-order valence-corrected chi connectivity index (χ0v) is 19.5. The van der Waals surface area contributed by atoms with Gasteiger partial charge in [0, 0.05) is 12.1 Å². The Bertz CT molecular complexity index is 350. The molecule has 0 heterocycles. The third kappa shape index (κ3) is 8.44. The van der Waals surface area contributed by atoms with E-state index in [0.29, 0.717) is 10.8 Å². The Morgan fingerprint density at radius 3 is 1.15 bits per heavy atom. The summed E-state index contributed by atoms with van der Waals surface area (Å²) in [6.07, 6.45) is 15.3. The minimum absolute atomic E-state index is 0.504. The molecule has 27 heavy (non-hydrogen) atoms. The average molecular weight is 379 g/mol. The summed E-state index contributed by atoms with van der Waals surface area (Å²) in [5.41, 5.74) is 1.01. The maximum absolute atomic E-state index is 3.83. The van der Waals surface area contributed by atoms with Crippen LogP contribution in [0.2, 0.25) is 0 Å². The van der Waals surface area contributed by atoms with Crippen molar-refractivity contribution < 1.29 is 0 Å². The van der Waals surface area contributed by atoms with Crippen LogP contribution in [0.4, 0.5) is 0 Å². The van der Waals surface area contributed by atoms with Crippen molar-refractivity contribution in [1.82, 2.24) is 10.6 Å². The van der Waals surface area contributed by atoms with Gasteiger partial charge in [0.15, 0.2) is 0 Å². The molecule has 2 aliphatic carbocycles. The normalized spacial score (nSPS) is 30.4. The second-order valence-corrected chi connectivity index (χ2v) is 11.8. The van der Waals surface area contributed by atoms with Gasteiger partial charge < -0.3 is 10.6 Å². The lowest BCUT2D eigenvalue weighted by Gasteiger charge is -2.37. The van der Waals surface area contributed by atoms with E-state index in [1.165, 1.54) is 83.7 Å². The van der Waals surface area contributed by atoms with Crippen molar-refractivity contribution in [3.8, 4) is 0 Å². The van der Waals surface area contributed by atoms with Gasteiger partial charge in [-0.15, -0.1) is 0 Å². The van der Waals surface area contributed by atoms with Crippen molar-refractivity contribution in [1.29, 1.82) is 0 Å². The molecule has 0 aromatic carbocycles. The Kier molecular flexibility index (Phi) is 9.13. The van der Waals surface area contributed by atoms with Crippen molar-refractivity contribution in [3.05, 3.63) is 0 Å².